The summed E-state index contributed by atoms with van der Waals surface area (Å²) in [6.07, 6.45) is 3.78. The first kappa shape index (κ1) is 19.9. The highest BCUT2D eigenvalue weighted by molar-refractivity contribution is 7.15. The van der Waals surface area contributed by atoms with Crippen molar-refractivity contribution in [3.8, 4) is 16.3 Å². The number of rotatable bonds is 4. The van der Waals surface area contributed by atoms with Gasteiger partial charge in [-0.15, -0.1) is 11.3 Å². The molecule has 4 heterocycles. The van der Waals surface area contributed by atoms with Crippen molar-refractivity contribution in [3.05, 3.63) is 34.8 Å². The zero-order chi connectivity index (χ0) is 20.9. The van der Waals surface area contributed by atoms with Crippen molar-refractivity contribution >= 4 is 17.2 Å². The molecule has 2 aromatic heterocycles. The molecule has 3 aliphatic rings. The Hall–Kier alpha value is -2.06. The molecule has 0 aromatic carbocycles. The number of hydrogen-bond donors (Lipinski definition) is 0. The molecule has 160 valence electrons. The number of amides is 1. The summed E-state index contributed by atoms with van der Waals surface area (Å²) in [5, 5.41) is 0. The van der Waals surface area contributed by atoms with E-state index in [0.29, 0.717) is 32.5 Å². The minimum absolute atomic E-state index is 0.0438. The van der Waals surface area contributed by atoms with E-state index < -0.39 is 17.4 Å². The smallest absolute Gasteiger partial charge is 0.252 e. The van der Waals surface area contributed by atoms with Crippen molar-refractivity contribution in [2.24, 2.45) is 5.92 Å². The Labute approximate surface area is 178 Å². The maximum atomic E-state index is 13.2. The van der Waals surface area contributed by atoms with E-state index in [-0.39, 0.29) is 18.7 Å². The monoisotopic (exact) mass is 434 g/mol. The summed E-state index contributed by atoms with van der Waals surface area (Å²) in [6, 6.07) is 6.04. The Morgan fingerprint density at radius 3 is 2.77 bits per heavy atom. The van der Waals surface area contributed by atoms with Crippen molar-refractivity contribution in [1.29, 1.82) is 0 Å². The second kappa shape index (κ2) is 7.27. The molecule has 1 atom stereocenters. The van der Waals surface area contributed by atoms with Gasteiger partial charge in [0, 0.05) is 43.1 Å². The first-order valence-electron chi connectivity index (χ1n) is 10.3. The number of likely N-dealkylation sites (tertiary alicyclic amines) is 1. The number of thiophene rings is 1. The van der Waals surface area contributed by atoms with Gasteiger partial charge in [-0.3, -0.25) is 9.78 Å². The Kier molecular flexibility index (Phi) is 4.82. The lowest BCUT2D eigenvalue weighted by atomic mass is 9.82. The van der Waals surface area contributed by atoms with E-state index in [1.807, 2.05) is 12.1 Å². The number of alkyl halides is 2. The molecule has 30 heavy (non-hydrogen) atoms. The third-order valence-corrected chi connectivity index (χ3v) is 7.75. The highest BCUT2D eigenvalue weighted by atomic mass is 32.1. The Bertz CT molecular complexity index is 952. The van der Waals surface area contributed by atoms with Crippen LogP contribution in [0.4, 0.5) is 8.78 Å². The Morgan fingerprint density at radius 2 is 2.13 bits per heavy atom. The van der Waals surface area contributed by atoms with Gasteiger partial charge in [0.2, 0.25) is 5.91 Å². The lowest BCUT2D eigenvalue weighted by Gasteiger charge is -2.44. The molecule has 2 aliphatic heterocycles. The van der Waals surface area contributed by atoms with Crippen LogP contribution in [0.25, 0.3) is 10.6 Å². The highest BCUT2D eigenvalue weighted by Gasteiger charge is 2.57. The fraction of sp³-hybridized carbons (Fsp3) is 0.545. The summed E-state index contributed by atoms with van der Waals surface area (Å²) in [6.45, 7) is 1.75. The van der Waals surface area contributed by atoms with Gasteiger partial charge in [0.05, 0.1) is 36.1 Å². The lowest BCUT2D eigenvalue weighted by Crippen LogP contribution is -2.48. The lowest BCUT2D eigenvalue weighted by molar-refractivity contribution is -0.141. The molecule has 1 saturated carbocycles. The van der Waals surface area contributed by atoms with Crippen molar-refractivity contribution in [2.75, 3.05) is 26.8 Å². The molecule has 5 rings (SSSR count). The van der Waals surface area contributed by atoms with Gasteiger partial charge in [-0.1, -0.05) is 0 Å². The number of pyridine rings is 1. The molecule has 2 aromatic rings. The first-order chi connectivity index (χ1) is 14.4. The second-order valence-corrected chi connectivity index (χ2v) is 9.51. The van der Waals surface area contributed by atoms with E-state index in [2.05, 4.69) is 11.1 Å². The maximum Gasteiger partial charge on any atom is 0.252 e. The fourth-order valence-electron chi connectivity index (χ4n) is 4.55. The van der Waals surface area contributed by atoms with Crippen LogP contribution in [0.15, 0.2) is 24.4 Å². The molecule has 2 fully saturated rings. The van der Waals surface area contributed by atoms with E-state index in [0.717, 1.165) is 22.7 Å². The van der Waals surface area contributed by atoms with Crippen LogP contribution >= 0.6 is 11.3 Å². The van der Waals surface area contributed by atoms with Crippen molar-refractivity contribution in [3.63, 3.8) is 0 Å². The number of piperidine rings is 1. The van der Waals surface area contributed by atoms with E-state index in [1.54, 1.807) is 29.5 Å². The molecule has 1 saturated heterocycles. The quantitative estimate of drug-likeness (QED) is 0.722. The normalized spacial score (nSPS) is 23.8. The third kappa shape index (κ3) is 3.50. The van der Waals surface area contributed by atoms with Gasteiger partial charge in [-0.25, -0.2) is 8.78 Å². The predicted octanol–water partition coefficient (Wildman–Crippen LogP) is 4.25. The van der Waals surface area contributed by atoms with Crippen molar-refractivity contribution in [1.82, 2.24) is 9.88 Å². The number of nitrogens with zero attached hydrogens (tertiary/aromatic N) is 2. The molecule has 1 spiro atoms. The van der Waals surface area contributed by atoms with Crippen molar-refractivity contribution in [2.45, 2.75) is 43.6 Å². The average molecular weight is 435 g/mol. The number of halogens is 2. The highest BCUT2D eigenvalue weighted by Crippen LogP contribution is 2.51. The fourth-order valence-corrected chi connectivity index (χ4v) is 5.76. The first-order valence-corrected chi connectivity index (χ1v) is 11.1. The van der Waals surface area contributed by atoms with Gasteiger partial charge in [-0.05, 0) is 36.6 Å². The number of ether oxygens (including phenoxy) is 2. The second-order valence-electron chi connectivity index (χ2n) is 8.37. The van der Waals surface area contributed by atoms with Gasteiger partial charge >= 0.3 is 0 Å². The van der Waals surface area contributed by atoms with Crippen LogP contribution < -0.4 is 4.74 Å². The molecule has 5 nitrogen and oxygen atoms in total. The zero-order valence-electron chi connectivity index (χ0n) is 16.8. The molecule has 1 unspecified atom stereocenters. The summed E-state index contributed by atoms with van der Waals surface area (Å²) in [5.74, 6) is -2.84. The van der Waals surface area contributed by atoms with Crippen LogP contribution in [-0.4, -0.2) is 48.5 Å². The van der Waals surface area contributed by atoms with E-state index >= 15 is 0 Å². The summed E-state index contributed by atoms with van der Waals surface area (Å²) >= 11 is 1.75. The summed E-state index contributed by atoms with van der Waals surface area (Å²) in [7, 11) is 1.62. The molecule has 1 amide bonds. The van der Waals surface area contributed by atoms with Gasteiger partial charge in [-0.2, -0.15) is 0 Å². The Morgan fingerprint density at radius 1 is 1.37 bits per heavy atom. The minimum atomic E-state index is -2.64. The van der Waals surface area contributed by atoms with E-state index in [4.69, 9.17) is 9.47 Å². The van der Waals surface area contributed by atoms with E-state index in [1.165, 1.54) is 10.4 Å². The van der Waals surface area contributed by atoms with Crippen LogP contribution in [0.2, 0.25) is 0 Å². The number of hydrogen-bond acceptors (Lipinski definition) is 5. The van der Waals surface area contributed by atoms with E-state index in [9.17, 15) is 13.6 Å². The third-order valence-electron chi connectivity index (χ3n) is 6.53. The number of methoxy groups -OCH3 is 1. The van der Waals surface area contributed by atoms with Crippen LogP contribution in [-0.2, 0) is 21.6 Å². The number of carbonyl (C=O) groups excluding carboxylic acids is 1. The molecule has 1 aliphatic carbocycles. The summed E-state index contributed by atoms with van der Waals surface area (Å²) < 4.78 is 37.8. The van der Waals surface area contributed by atoms with Gasteiger partial charge in [0.25, 0.3) is 5.92 Å². The Balaban J connectivity index is 1.31. The van der Waals surface area contributed by atoms with Crippen molar-refractivity contribution < 1.29 is 23.0 Å². The number of aromatic nitrogens is 1. The topological polar surface area (TPSA) is 51.7 Å². The predicted molar refractivity (Wildman–Crippen MR) is 109 cm³/mol. The van der Waals surface area contributed by atoms with Crippen LogP contribution in [0.3, 0.4) is 0 Å². The maximum absolute atomic E-state index is 13.2. The zero-order valence-corrected chi connectivity index (χ0v) is 17.6. The number of carbonyl (C=O) groups is 1. The van der Waals surface area contributed by atoms with Gasteiger partial charge in [0.1, 0.15) is 5.75 Å². The molecule has 0 bridgehead atoms. The van der Waals surface area contributed by atoms with Gasteiger partial charge in [0.15, 0.2) is 0 Å². The van der Waals surface area contributed by atoms with Crippen LogP contribution in [0, 0.1) is 5.92 Å². The summed E-state index contributed by atoms with van der Waals surface area (Å²) in [4.78, 5) is 21.1. The molecular weight excluding hydrogens is 410 g/mol. The van der Waals surface area contributed by atoms with Gasteiger partial charge < -0.3 is 14.4 Å². The number of fused-ring (bicyclic) bond motifs is 2. The SMILES string of the molecule is COc1ccc(-c2cc3c(s2)CCOC32CCN(C(=O)CC3CC3(F)F)CC2)nc1. The molecule has 8 heteroatoms. The largest absolute Gasteiger partial charge is 0.495 e. The van der Waals surface area contributed by atoms with Crippen LogP contribution in [0.1, 0.15) is 36.1 Å². The minimum Gasteiger partial charge on any atom is -0.495 e. The standard InChI is InChI=1S/C22H24F2N2O3S/c1-28-15-2-3-17(25-13-15)19-11-16-18(30-19)4-9-29-21(16)5-7-26(8-6-21)20(27)10-14-12-22(14,23)24/h2-3,11,13-14H,4-10,12H2,1H3. The molecule has 0 N–H and O–H groups in total. The average Bonchev–Trinajstić information content (AvgIpc) is 3.14. The molecular formula is C22H24F2N2O3S. The summed E-state index contributed by atoms with van der Waals surface area (Å²) in [5.41, 5.74) is 1.71. The van der Waals surface area contributed by atoms with Crippen LogP contribution in [0.5, 0.6) is 5.75 Å². The molecule has 0 radical (unpaired) electrons.